The van der Waals surface area contributed by atoms with Gasteiger partial charge >= 0.3 is 0 Å². The van der Waals surface area contributed by atoms with Crippen molar-refractivity contribution in [2.75, 3.05) is 0 Å². The lowest BCUT2D eigenvalue weighted by molar-refractivity contribution is 0.156. The van der Waals surface area contributed by atoms with Crippen molar-refractivity contribution in [3.63, 3.8) is 0 Å². The highest BCUT2D eigenvalue weighted by atomic mass is 19.1. The molecule has 100 valence electrons. The molecule has 19 heavy (non-hydrogen) atoms. The molecule has 1 aliphatic carbocycles. The molecule has 2 nitrogen and oxygen atoms in total. The summed E-state index contributed by atoms with van der Waals surface area (Å²) in [5.41, 5.74) is 2.20. The summed E-state index contributed by atoms with van der Waals surface area (Å²) in [5, 5.41) is 9.91. The van der Waals surface area contributed by atoms with Crippen molar-refractivity contribution < 1.29 is 13.9 Å². The van der Waals surface area contributed by atoms with Gasteiger partial charge in [0.1, 0.15) is 11.6 Å². The van der Waals surface area contributed by atoms with E-state index in [2.05, 4.69) is 0 Å². The molecule has 0 radical (unpaired) electrons. The molecule has 1 aliphatic rings. The van der Waals surface area contributed by atoms with Crippen LogP contribution in [0.1, 0.15) is 35.8 Å². The summed E-state index contributed by atoms with van der Waals surface area (Å²) in [5.74, 6) is -0.868. The molecule has 1 unspecified atom stereocenters. The maximum Gasteiger partial charge on any atom is 0.147 e. The first-order valence-electron chi connectivity index (χ1n) is 6.42. The minimum atomic E-state index is -0.497. The fraction of sp³-hybridized carbons (Fsp3) is 0.333. The Bertz CT molecular complexity index is 633. The number of benzene rings is 1. The van der Waals surface area contributed by atoms with Gasteiger partial charge in [-0.1, -0.05) is 0 Å². The molecular formula is C15H15F2NO. The van der Waals surface area contributed by atoms with Crippen LogP contribution in [0.15, 0.2) is 24.4 Å². The fourth-order valence-electron chi connectivity index (χ4n) is 2.71. The molecule has 4 heteroatoms. The van der Waals surface area contributed by atoms with Crippen LogP contribution in [0.4, 0.5) is 8.78 Å². The second kappa shape index (κ2) is 4.46. The second-order valence-electron chi connectivity index (χ2n) is 5.05. The number of nitrogens with zero attached hydrogens (tertiary/aromatic N) is 1. The minimum absolute atomic E-state index is 0.207. The van der Waals surface area contributed by atoms with E-state index in [1.54, 1.807) is 16.8 Å². The Kier molecular flexibility index (Phi) is 2.90. The van der Waals surface area contributed by atoms with Crippen molar-refractivity contribution in [2.24, 2.45) is 0 Å². The molecule has 0 amide bonds. The van der Waals surface area contributed by atoms with E-state index in [1.165, 1.54) is 19.1 Å². The van der Waals surface area contributed by atoms with Gasteiger partial charge in [0.15, 0.2) is 0 Å². The first-order valence-corrected chi connectivity index (χ1v) is 6.42. The van der Waals surface area contributed by atoms with E-state index in [0.717, 1.165) is 30.5 Å². The van der Waals surface area contributed by atoms with Crippen LogP contribution in [0.5, 0.6) is 0 Å². The predicted molar refractivity (Wildman–Crippen MR) is 68.3 cm³/mol. The van der Waals surface area contributed by atoms with Crippen molar-refractivity contribution in [1.82, 2.24) is 4.57 Å². The zero-order chi connectivity index (χ0) is 13.6. The second-order valence-corrected chi connectivity index (χ2v) is 5.05. The number of aromatic nitrogens is 1. The van der Waals surface area contributed by atoms with E-state index < -0.39 is 17.7 Å². The summed E-state index contributed by atoms with van der Waals surface area (Å²) in [6.07, 6.45) is 3.56. The molecule has 1 aromatic heterocycles. The van der Waals surface area contributed by atoms with E-state index in [0.29, 0.717) is 5.56 Å². The van der Waals surface area contributed by atoms with Crippen LogP contribution in [0, 0.1) is 18.6 Å². The van der Waals surface area contributed by atoms with Gasteiger partial charge in [0, 0.05) is 23.5 Å². The van der Waals surface area contributed by atoms with E-state index in [1.807, 2.05) is 0 Å². The number of aliphatic hydroxyl groups excluding tert-OH is 1. The fourth-order valence-corrected chi connectivity index (χ4v) is 2.71. The van der Waals surface area contributed by atoms with E-state index in [-0.39, 0.29) is 5.69 Å². The zero-order valence-corrected chi connectivity index (χ0v) is 10.7. The summed E-state index contributed by atoms with van der Waals surface area (Å²) in [7, 11) is 0. The smallest absolute Gasteiger partial charge is 0.147 e. The lowest BCUT2D eigenvalue weighted by atomic mass is 9.95. The Morgan fingerprint density at radius 2 is 2.05 bits per heavy atom. The summed E-state index contributed by atoms with van der Waals surface area (Å²) in [6, 6.07) is 4.21. The first kappa shape index (κ1) is 12.4. The van der Waals surface area contributed by atoms with Crippen LogP contribution in [0.2, 0.25) is 0 Å². The van der Waals surface area contributed by atoms with E-state index >= 15 is 0 Å². The average molecular weight is 263 g/mol. The average Bonchev–Trinajstić information content (AvgIpc) is 2.79. The SMILES string of the molecule is Cc1cc(F)c(-n2ccc3c2CCCC3O)cc1F. The van der Waals surface area contributed by atoms with Crippen molar-refractivity contribution in [1.29, 1.82) is 0 Å². The van der Waals surface area contributed by atoms with Crippen molar-refractivity contribution in [3.05, 3.63) is 52.9 Å². The van der Waals surface area contributed by atoms with Crippen molar-refractivity contribution in [2.45, 2.75) is 32.3 Å². The molecule has 0 bridgehead atoms. The van der Waals surface area contributed by atoms with Gasteiger partial charge in [0.2, 0.25) is 0 Å². The maximum atomic E-state index is 14.0. The lowest BCUT2D eigenvalue weighted by Gasteiger charge is -2.20. The number of aryl methyl sites for hydroxylation is 1. The number of aliphatic hydroxyl groups is 1. The van der Waals surface area contributed by atoms with Crippen LogP contribution >= 0.6 is 0 Å². The third-order valence-electron chi connectivity index (χ3n) is 3.76. The lowest BCUT2D eigenvalue weighted by Crippen LogP contribution is -2.12. The van der Waals surface area contributed by atoms with E-state index in [9.17, 15) is 13.9 Å². The third kappa shape index (κ3) is 1.96. The molecule has 2 aromatic rings. The zero-order valence-electron chi connectivity index (χ0n) is 10.7. The molecule has 0 spiro atoms. The molecule has 0 saturated carbocycles. The number of hydrogen-bond donors (Lipinski definition) is 1. The van der Waals surface area contributed by atoms with Crippen molar-refractivity contribution >= 4 is 0 Å². The summed E-state index contributed by atoms with van der Waals surface area (Å²) in [4.78, 5) is 0. The molecule has 0 fully saturated rings. The molecule has 1 atom stereocenters. The topological polar surface area (TPSA) is 25.2 Å². The van der Waals surface area contributed by atoms with Crippen LogP contribution in [-0.2, 0) is 6.42 Å². The quantitative estimate of drug-likeness (QED) is 0.837. The molecule has 3 rings (SSSR count). The normalized spacial score (nSPS) is 18.4. The summed E-state index contributed by atoms with van der Waals surface area (Å²) >= 11 is 0. The molecule has 0 aliphatic heterocycles. The monoisotopic (exact) mass is 263 g/mol. The summed E-state index contributed by atoms with van der Waals surface area (Å²) < 4.78 is 29.3. The molecular weight excluding hydrogens is 248 g/mol. The number of hydrogen-bond acceptors (Lipinski definition) is 1. The van der Waals surface area contributed by atoms with Gasteiger partial charge in [0.25, 0.3) is 0 Å². The molecule has 1 N–H and O–H groups in total. The van der Waals surface area contributed by atoms with Gasteiger partial charge in [0.05, 0.1) is 11.8 Å². The van der Waals surface area contributed by atoms with Gasteiger partial charge in [-0.3, -0.25) is 0 Å². The Balaban J connectivity index is 2.16. The highest BCUT2D eigenvalue weighted by Gasteiger charge is 2.23. The third-order valence-corrected chi connectivity index (χ3v) is 3.76. The largest absolute Gasteiger partial charge is 0.388 e. The molecule has 1 heterocycles. The highest BCUT2D eigenvalue weighted by molar-refractivity contribution is 5.42. The maximum absolute atomic E-state index is 14.0. The van der Waals surface area contributed by atoms with Gasteiger partial charge < -0.3 is 9.67 Å². The van der Waals surface area contributed by atoms with Gasteiger partial charge in [-0.2, -0.15) is 0 Å². The molecule has 1 aromatic carbocycles. The Morgan fingerprint density at radius 1 is 1.26 bits per heavy atom. The van der Waals surface area contributed by atoms with Crippen LogP contribution in [-0.4, -0.2) is 9.67 Å². The van der Waals surface area contributed by atoms with Crippen LogP contribution in [0.25, 0.3) is 5.69 Å². The first-order chi connectivity index (χ1) is 9.08. The predicted octanol–water partition coefficient (Wildman–Crippen LogP) is 3.43. The minimum Gasteiger partial charge on any atom is -0.388 e. The van der Waals surface area contributed by atoms with Crippen LogP contribution < -0.4 is 0 Å². The number of rotatable bonds is 1. The van der Waals surface area contributed by atoms with Gasteiger partial charge in [-0.05, 0) is 43.9 Å². The Hall–Kier alpha value is -1.68. The standard InChI is InChI=1S/C15H15F2NO/c1-9-7-12(17)14(8-11(9)16)18-6-5-10-13(18)3-2-4-15(10)19/h5-8,15,19H,2-4H2,1H3. The highest BCUT2D eigenvalue weighted by Crippen LogP contribution is 2.32. The number of halogens is 2. The van der Waals surface area contributed by atoms with Gasteiger partial charge in [-0.25, -0.2) is 8.78 Å². The Labute approximate surface area is 110 Å². The van der Waals surface area contributed by atoms with Crippen LogP contribution in [0.3, 0.4) is 0 Å². The van der Waals surface area contributed by atoms with Crippen molar-refractivity contribution in [3.8, 4) is 5.69 Å². The van der Waals surface area contributed by atoms with Gasteiger partial charge in [-0.15, -0.1) is 0 Å². The van der Waals surface area contributed by atoms with E-state index in [4.69, 9.17) is 0 Å². The number of fused-ring (bicyclic) bond motifs is 1. The Morgan fingerprint density at radius 3 is 2.84 bits per heavy atom. The summed E-state index contributed by atoms with van der Waals surface area (Å²) in [6.45, 7) is 1.54. The molecule has 0 saturated heterocycles.